The van der Waals surface area contributed by atoms with E-state index in [1.807, 2.05) is 11.9 Å². The molecule has 1 aliphatic heterocycles. The van der Waals surface area contributed by atoms with Gasteiger partial charge in [-0.05, 0) is 14.0 Å². The van der Waals surface area contributed by atoms with Gasteiger partial charge in [0.2, 0.25) is 0 Å². The lowest BCUT2D eigenvalue weighted by Crippen LogP contribution is -2.53. The Morgan fingerprint density at radius 1 is 1.73 bits per heavy atom. The Kier molecular flexibility index (Phi) is 2.15. The summed E-state index contributed by atoms with van der Waals surface area (Å²) in [6.07, 6.45) is 0. The Balaban J connectivity index is 2.63. The number of carbonyl (C=O) groups is 1. The maximum Gasteiger partial charge on any atom is 0.337 e. The van der Waals surface area contributed by atoms with Gasteiger partial charge >= 0.3 is 5.97 Å². The van der Waals surface area contributed by atoms with Crippen molar-refractivity contribution in [3.05, 3.63) is 0 Å². The van der Waals surface area contributed by atoms with E-state index in [9.17, 15) is 4.79 Å². The van der Waals surface area contributed by atoms with Crippen molar-refractivity contribution >= 4 is 5.97 Å². The lowest BCUT2D eigenvalue weighted by molar-refractivity contribution is -0.173. The first-order valence-corrected chi connectivity index (χ1v) is 3.60. The van der Waals surface area contributed by atoms with E-state index in [0.717, 1.165) is 6.54 Å². The summed E-state index contributed by atoms with van der Waals surface area (Å²) in [5, 5.41) is 8.76. The Morgan fingerprint density at radius 2 is 2.36 bits per heavy atom. The fourth-order valence-electron chi connectivity index (χ4n) is 1.20. The van der Waals surface area contributed by atoms with E-state index in [0.29, 0.717) is 13.2 Å². The second-order valence-electron chi connectivity index (χ2n) is 3.12. The predicted octanol–water partition coefficient (Wildman–Crippen LogP) is -0.208. The molecule has 4 nitrogen and oxygen atoms in total. The van der Waals surface area contributed by atoms with Crippen LogP contribution in [0.3, 0.4) is 0 Å². The van der Waals surface area contributed by atoms with Gasteiger partial charge in [0.1, 0.15) is 0 Å². The molecule has 0 unspecified atom stereocenters. The van der Waals surface area contributed by atoms with Crippen LogP contribution < -0.4 is 0 Å². The van der Waals surface area contributed by atoms with Crippen LogP contribution in [0.15, 0.2) is 0 Å². The minimum absolute atomic E-state index is 0.461. The molecule has 0 amide bonds. The molecule has 11 heavy (non-hydrogen) atoms. The van der Waals surface area contributed by atoms with Crippen LogP contribution in [0.25, 0.3) is 0 Å². The highest BCUT2D eigenvalue weighted by atomic mass is 16.5. The van der Waals surface area contributed by atoms with Crippen molar-refractivity contribution in [2.75, 3.05) is 26.7 Å². The summed E-state index contributed by atoms with van der Waals surface area (Å²) in [5.41, 5.74) is -1.01. The summed E-state index contributed by atoms with van der Waals surface area (Å²) in [7, 11) is 1.89. The zero-order valence-electron chi connectivity index (χ0n) is 6.83. The molecule has 1 fully saturated rings. The van der Waals surface area contributed by atoms with Gasteiger partial charge in [-0.15, -0.1) is 0 Å². The maximum atomic E-state index is 10.7. The number of hydrogen-bond acceptors (Lipinski definition) is 3. The van der Waals surface area contributed by atoms with E-state index in [1.54, 1.807) is 6.92 Å². The van der Waals surface area contributed by atoms with Crippen LogP contribution in [0.4, 0.5) is 0 Å². The van der Waals surface area contributed by atoms with Crippen molar-refractivity contribution in [1.29, 1.82) is 0 Å². The normalized spacial score (nSPS) is 33.6. The molecule has 64 valence electrons. The third kappa shape index (κ3) is 1.70. The highest BCUT2D eigenvalue weighted by molar-refractivity contribution is 5.77. The lowest BCUT2D eigenvalue weighted by atomic mass is 10.1. The third-order valence-corrected chi connectivity index (χ3v) is 1.92. The molecule has 0 aliphatic carbocycles. The number of rotatable bonds is 1. The smallest absolute Gasteiger partial charge is 0.337 e. The molecule has 1 atom stereocenters. The Labute approximate surface area is 65.8 Å². The number of ether oxygens (including phenoxy) is 1. The van der Waals surface area contributed by atoms with Gasteiger partial charge in [-0.3, -0.25) is 0 Å². The lowest BCUT2D eigenvalue weighted by Gasteiger charge is -2.35. The van der Waals surface area contributed by atoms with Crippen LogP contribution in [0.1, 0.15) is 6.92 Å². The average molecular weight is 159 g/mol. The predicted molar refractivity (Wildman–Crippen MR) is 39.5 cm³/mol. The van der Waals surface area contributed by atoms with Crippen LogP contribution in [0, 0.1) is 0 Å². The van der Waals surface area contributed by atoms with E-state index in [2.05, 4.69) is 0 Å². The highest BCUT2D eigenvalue weighted by Gasteiger charge is 2.37. The number of aliphatic carboxylic acids is 1. The Hall–Kier alpha value is -0.610. The van der Waals surface area contributed by atoms with Crippen LogP contribution >= 0.6 is 0 Å². The van der Waals surface area contributed by atoms with E-state index < -0.39 is 11.6 Å². The molecule has 1 rings (SSSR count). The summed E-state index contributed by atoms with van der Waals surface area (Å²) in [4.78, 5) is 12.6. The first-order chi connectivity index (χ1) is 5.04. The van der Waals surface area contributed by atoms with E-state index in [1.165, 1.54) is 0 Å². The number of morpholine rings is 1. The van der Waals surface area contributed by atoms with E-state index in [-0.39, 0.29) is 0 Å². The molecular weight excluding hydrogens is 146 g/mol. The molecule has 0 aromatic carbocycles. The van der Waals surface area contributed by atoms with Gasteiger partial charge in [0.05, 0.1) is 6.61 Å². The molecule has 0 saturated carbocycles. The molecule has 1 N–H and O–H groups in total. The number of likely N-dealkylation sites (N-methyl/N-ethyl adjacent to an activating group) is 1. The molecule has 0 radical (unpaired) electrons. The van der Waals surface area contributed by atoms with E-state index >= 15 is 0 Å². The molecule has 4 heteroatoms. The minimum atomic E-state index is -1.01. The van der Waals surface area contributed by atoms with Crippen molar-refractivity contribution in [2.24, 2.45) is 0 Å². The molecule has 0 bridgehead atoms. The number of hydrogen-bond donors (Lipinski definition) is 1. The quantitative estimate of drug-likeness (QED) is 0.575. The zero-order chi connectivity index (χ0) is 8.48. The van der Waals surface area contributed by atoms with Gasteiger partial charge in [0.25, 0.3) is 0 Å². The van der Waals surface area contributed by atoms with Crippen LogP contribution in [0.2, 0.25) is 0 Å². The van der Waals surface area contributed by atoms with Crippen molar-refractivity contribution in [1.82, 2.24) is 4.90 Å². The summed E-state index contributed by atoms with van der Waals surface area (Å²) in [6, 6.07) is 0. The summed E-state index contributed by atoms with van der Waals surface area (Å²) in [6.45, 7) is 3.37. The SMILES string of the molecule is CN1CCO[C@@](C)(C(=O)O)C1. The van der Waals surface area contributed by atoms with Gasteiger partial charge in [-0.2, -0.15) is 0 Å². The second-order valence-corrected chi connectivity index (χ2v) is 3.12. The van der Waals surface area contributed by atoms with Crippen LogP contribution in [0.5, 0.6) is 0 Å². The van der Waals surface area contributed by atoms with Crippen molar-refractivity contribution in [3.63, 3.8) is 0 Å². The molecule has 0 aromatic rings. The third-order valence-electron chi connectivity index (χ3n) is 1.92. The van der Waals surface area contributed by atoms with E-state index in [4.69, 9.17) is 9.84 Å². The molecule has 1 heterocycles. The summed E-state index contributed by atoms with van der Waals surface area (Å²) < 4.78 is 5.16. The van der Waals surface area contributed by atoms with Crippen molar-refractivity contribution < 1.29 is 14.6 Å². The molecule has 0 spiro atoms. The molecule has 1 saturated heterocycles. The van der Waals surface area contributed by atoms with Crippen molar-refractivity contribution in [3.8, 4) is 0 Å². The molecular formula is C7H13NO3. The topological polar surface area (TPSA) is 49.8 Å². The Morgan fingerprint density at radius 3 is 2.73 bits per heavy atom. The van der Waals surface area contributed by atoms with Crippen molar-refractivity contribution in [2.45, 2.75) is 12.5 Å². The number of carboxylic acid groups (broad SMARTS) is 1. The molecule has 1 aliphatic rings. The fraction of sp³-hybridized carbons (Fsp3) is 0.857. The fourth-order valence-corrected chi connectivity index (χ4v) is 1.20. The number of nitrogens with zero attached hydrogens (tertiary/aromatic N) is 1. The van der Waals surface area contributed by atoms with Crippen LogP contribution in [-0.4, -0.2) is 48.3 Å². The van der Waals surface area contributed by atoms with Gasteiger partial charge in [0, 0.05) is 13.1 Å². The van der Waals surface area contributed by atoms with Gasteiger partial charge in [-0.1, -0.05) is 0 Å². The van der Waals surface area contributed by atoms with Gasteiger partial charge < -0.3 is 14.7 Å². The first-order valence-electron chi connectivity index (χ1n) is 3.60. The standard InChI is InChI=1S/C7H13NO3/c1-7(6(9)10)5-8(2)3-4-11-7/h3-5H2,1-2H3,(H,9,10)/t7-/m1/s1. The van der Waals surface area contributed by atoms with Gasteiger partial charge in [0.15, 0.2) is 5.60 Å². The zero-order valence-corrected chi connectivity index (χ0v) is 6.83. The summed E-state index contributed by atoms with van der Waals surface area (Å²) >= 11 is 0. The maximum absolute atomic E-state index is 10.7. The average Bonchev–Trinajstić information content (AvgIpc) is 1.86. The van der Waals surface area contributed by atoms with Gasteiger partial charge in [-0.25, -0.2) is 4.79 Å². The summed E-state index contributed by atoms with van der Waals surface area (Å²) in [5.74, 6) is -0.885. The first kappa shape index (κ1) is 8.49. The number of carboxylic acids is 1. The van der Waals surface area contributed by atoms with Crippen LogP contribution in [-0.2, 0) is 9.53 Å². The minimum Gasteiger partial charge on any atom is -0.479 e. The highest BCUT2D eigenvalue weighted by Crippen LogP contribution is 2.16. The second kappa shape index (κ2) is 2.79. The Bertz CT molecular complexity index is 171. The monoisotopic (exact) mass is 159 g/mol. The molecule has 0 aromatic heterocycles. The largest absolute Gasteiger partial charge is 0.479 e.